The van der Waals surface area contributed by atoms with Crippen molar-refractivity contribution in [2.75, 3.05) is 0 Å². The second-order valence-corrected chi connectivity index (χ2v) is 4.84. The minimum absolute atomic E-state index is 0.167. The zero-order chi connectivity index (χ0) is 11.6. The summed E-state index contributed by atoms with van der Waals surface area (Å²) in [5, 5.41) is 4.06. The molecule has 0 saturated heterocycles. The number of rotatable bonds is 3. The van der Waals surface area contributed by atoms with Crippen LogP contribution in [-0.4, -0.2) is 21.1 Å². The van der Waals surface area contributed by atoms with Crippen LogP contribution in [0.5, 0.6) is 0 Å². The Labute approximate surface area is 95.8 Å². The molecule has 0 aliphatic heterocycles. The topological polar surface area (TPSA) is 60.9 Å². The van der Waals surface area contributed by atoms with Crippen LogP contribution in [0.1, 0.15) is 37.7 Å². The molecule has 1 aliphatic rings. The molecule has 0 aromatic carbocycles. The number of hydrogen-bond acceptors (Lipinski definition) is 3. The molecule has 1 saturated carbocycles. The molecule has 1 aliphatic carbocycles. The van der Waals surface area contributed by atoms with Gasteiger partial charge < -0.3 is 5.73 Å². The van der Waals surface area contributed by atoms with E-state index >= 15 is 0 Å². The third kappa shape index (κ3) is 2.32. The summed E-state index contributed by atoms with van der Waals surface area (Å²) >= 11 is 0. The lowest BCUT2D eigenvalue weighted by Crippen LogP contribution is -2.50. The summed E-state index contributed by atoms with van der Waals surface area (Å²) in [4.78, 5) is 12.1. The predicted octanol–water partition coefficient (Wildman–Crippen LogP) is 1.19. The molecule has 1 fully saturated rings. The van der Waals surface area contributed by atoms with Gasteiger partial charge in [-0.1, -0.05) is 19.3 Å². The quantitative estimate of drug-likeness (QED) is 0.834. The first-order chi connectivity index (χ1) is 7.60. The summed E-state index contributed by atoms with van der Waals surface area (Å²) < 4.78 is 1.71. The van der Waals surface area contributed by atoms with Crippen LogP contribution < -0.4 is 5.73 Å². The van der Waals surface area contributed by atoms with E-state index < -0.39 is 5.54 Å². The molecule has 16 heavy (non-hydrogen) atoms. The first-order valence-corrected chi connectivity index (χ1v) is 5.90. The SMILES string of the molecule is Cn1cc(CC(=O)C2(N)CCCCC2)cn1. The maximum absolute atomic E-state index is 12.1. The summed E-state index contributed by atoms with van der Waals surface area (Å²) in [6.45, 7) is 0. The zero-order valence-corrected chi connectivity index (χ0v) is 9.78. The third-order valence-corrected chi connectivity index (χ3v) is 3.42. The van der Waals surface area contributed by atoms with Gasteiger partial charge in [-0.2, -0.15) is 5.10 Å². The van der Waals surface area contributed by atoms with E-state index in [9.17, 15) is 4.79 Å². The highest BCUT2D eigenvalue weighted by atomic mass is 16.1. The van der Waals surface area contributed by atoms with E-state index in [1.807, 2.05) is 13.2 Å². The maximum Gasteiger partial charge on any atom is 0.157 e. The number of aromatic nitrogens is 2. The fourth-order valence-corrected chi connectivity index (χ4v) is 2.39. The lowest BCUT2D eigenvalue weighted by molar-refractivity contribution is -0.124. The molecule has 4 heteroatoms. The number of carbonyl (C=O) groups excluding carboxylic acids is 1. The Hall–Kier alpha value is -1.16. The highest BCUT2D eigenvalue weighted by molar-refractivity contribution is 5.90. The smallest absolute Gasteiger partial charge is 0.157 e. The van der Waals surface area contributed by atoms with Crippen LogP contribution in [0.15, 0.2) is 12.4 Å². The molecule has 1 heterocycles. The van der Waals surface area contributed by atoms with Crippen molar-refractivity contribution in [1.29, 1.82) is 0 Å². The number of nitrogens with zero attached hydrogens (tertiary/aromatic N) is 2. The van der Waals surface area contributed by atoms with Gasteiger partial charge in [0.1, 0.15) is 0 Å². The van der Waals surface area contributed by atoms with Crippen molar-refractivity contribution in [3.63, 3.8) is 0 Å². The van der Waals surface area contributed by atoms with E-state index in [-0.39, 0.29) is 5.78 Å². The fraction of sp³-hybridized carbons (Fsp3) is 0.667. The van der Waals surface area contributed by atoms with Crippen LogP contribution in [0.25, 0.3) is 0 Å². The van der Waals surface area contributed by atoms with E-state index in [1.165, 1.54) is 6.42 Å². The van der Waals surface area contributed by atoms with Crippen LogP contribution in [-0.2, 0) is 18.3 Å². The van der Waals surface area contributed by atoms with Gasteiger partial charge in [0.25, 0.3) is 0 Å². The second kappa shape index (κ2) is 4.37. The van der Waals surface area contributed by atoms with E-state index in [1.54, 1.807) is 10.9 Å². The average Bonchev–Trinajstić information content (AvgIpc) is 2.65. The van der Waals surface area contributed by atoms with Gasteiger partial charge in [-0.15, -0.1) is 0 Å². The summed E-state index contributed by atoms with van der Waals surface area (Å²) in [5.41, 5.74) is 6.57. The molecule has 4 nitrogen and oxygen atoms in total. The van der Waals surface area contributed by atoms with Crippen LogP contribution in [0.4, 0.5) is 0 Å². The van der Waals surface area contributed by atoms with Gasteiger partial charge in [0.15, 0.2) is 5.78 Å². The van der Waals surface area contributed by atoms with Crippen molar-refractivity contribution in [3.8, 4) is 0 Å². The number of carbonyl (C=O) groups is 1. The highest BCUT2D eigenvalue weighted by Gasteiger charge is 2.34. The summed E-state index contributed by atoms with van der Waals surface area (Å²) in [5.74, 6) is 0.167. The van der Waals surface area contributed by atoms with Crippen LogP contribution in [0.2, 0.25) is 0 Å². The molecule has 0 bridgehead atoms. The molecule has 2 rings (SSSR count). The van der Waals surface area contributed by atoms with E-state index in [2.05, 4.69) is 5.10 Å². The van der Waals surface area contributed by atoms with E-state index in [0.717, 1.165) is 31.2 Å². The van der Waals surface area contributed by atoms with Gasteiger partial charge in [0.2, 0.25) is 0 Å². The van der Waals surface area contributed by atoms with Crippen molar-refractivity contribution < 1.29 is 4.79 Å². The molecule has 0 spiro atoms. The summed E-state index contributed by atoms with van der Waals surface area (Å²) in [6.07, 6.45) is 9.08. The molecular formula is C12H19N3O. The number of hydrogen-bond donors (Lipinski definition) is 1. The van der Waals surface area contributed by atoms with Gasteiger partial charge in [-0.05, 0) is 18.4 Å². The molecule has 0 radical (unpaired) electrons. The Morgan fingerprint density at radius 1 is 1.50 bits per heavy atom. The zero-order valence-electron chi connectivity index (χ0n) is 9.78. The van der Waals surface area contributed by atoms with Crippen molar-refractivity contribution in [2.24, 2.45) is 12.8 Å². The second-order valence-electron chi connectivity index (χ2n) is 4.84. The normalized spacial score (nSPS) is 19.6. The Bertz CT molecular complexity index is 377. The molecule has 1 aromatic rings. The Morgan fingerprint density at radius 2 is 2.19 bits per heavy atom. The van der Waals surface area contributed by atoms with Crippen molar-refractivity contribution in [1.82, 2.24) is 9.78 Å². The maximum atomic E-state index is 12.1. The van der Waals surface area contributed by atoms with E-state index in [4.69, 9.17) is 5.73 Å². The number of ketones is 1. The van der Waals surface area contributed by atoms with Gasteiger partial charge in [-0.3, -0.25) is 9.48 Å². The molecule has 0 atom stereocenters. The van der Waals surface area contributed by atoms with Crippen molar-refractivity contribution in [3.05, 3.63) is 18.0 Å². The Kier molecular flexibility index (Phi) is 3.10. The predicted molar refractivity (Wildman–Crippen MR) is 61.9 cm³/mol. The third-order valence-electron chi connectivity index (χ3n) is 3.42. The number of Topliss-reactive ketones (excluding diaryl/α,β-unsaturated/α-hetero) is 1. The summed E-state index contributed by atoms with van der Waals surface area (Å²) in [6, 6.07) is 0. The van der Waals surface area contributed by atoms with Crippen molar-refractivity contribution >= 4 is 5.78 Å². The average molecular weight is 221 g/mol. The fourth-order valence-electron chi connectivity index (χ4n) is 2.39. The van der Waals surface area contributed by atoms with Crippen LogP contribution >= 0.6 is 0 Å². The summed E-state index contributed by atoms with van der Waals surface area (Å²) in [7, 11) is 1.85. The minimum atomic E-state index is -0.575. The molecule has 0 amide bonds. The molecule has 0 unspecified atom stereocenters. The molecule has 1 aromatic heterocycles. The lowest BCUT2D eigenvalue weighted by atomic mass is 9.78. The van der Waals surface area contributed by atoms with Gasteiger partial charge in [0.05, 0.1) is 11.7 Å². The highest BCUT2D eigenvalue weighted by Crippen LogP contribution is 2.27. The monoisotopic (exact) mass is 221 g/mol. The largest absolute Gasteiger partial charge is 0.319 e. The first kappa shape index (κ1) is 11.3. The minimum Gasteiger partial charge on any atom is -0.319 e. The van der Waals surface area contributed by atoms with Crippen LogP contribution in [0, 0.1) is 0 Å². The molecule has 2 N–H and O–H groups in total. The molecular weight excluding hydrogens is 202 g/mol. The molecule has 88 valence electrons. The number of nitrogens with two attached hydrogens (primary N) is 1. The standard InChI is InChI=1S/C12H19N3O/c1-15-9-10(8-14-15)7-11(16)12(13)5-3-2-4-6-12/h8-9H,2-7,13H2,1H3. The van der Waals surface area contributed by atoms with Gasteiger partial charge >= 0.3 is 0 Å². The van der Waals surface area contributed by atoms with E-state index in [0.29, 0.717) is 6.42 Å². The lowest BCUT2D eigenvalue weighted by Gasteiger charge is -2.31. The number of aryl methyl sites for hydroxylation is 1. The van der Waals surface area contributed by atoms with Crippen molar-refractivity contribution in [2.45, 2.75) is 44.1 Å². The van der Waals surface area contributed by atoms with Gasteiger partial charge in [-0.25, -0.2) is 0 Å². The Balaban J connectivity index is 2.01. The van der Waals surface area contributed by atoms with Crippen LogP contribution in [0.3, 0.4) is 0 Å². The first-order valence-electron chi connectivity index (χ1n) is 5.90. The van der Waals surface area contributed by atoms with Gasteiger partial charge in [0, 0.05) is 19.7 Å². The Morgan fingerprint density at radius 3 is 2.75 bits per heavy atom.